The predicted molar refractivity (Wildman–Crippen MR) is 101 cm³/mol. The van der Waals surface area contributed by atoms with E-state index in [2.05, 4.69) is 0 Å². The van der Waals surface area contributed by atoms with Crippen molar-refractivity contribution in [3.63, 3.8) is 0 Å². The lowest BCUT2D eigenvalue weighted by atomic mass is 10.1. The Bertz CT molecular complexity index is 867. The van der Waals surface area contributed by atoms with Crippen molar-refractivity contribution in [3.8, 4) is 0 Å². The molecule has 1 aromatic rings. The number of hydrogen-bond acceptors (Lipinski definition) is 6. The maximum absolute atomic E-state index is 12.9. The van der Waals surface area contributed by atoms with Crippen molar-refractivity contribution in [1.29, 1.82) is 0 Å². The van der Waals surface area contributed by atoms with Crippen LogP contribution in [0, 0.1) is 0 Å². The highest BCUT2D eigenvalue weighted by Gasteiger charge is 2.43. The summed E-state index contributed by atoms with van der Waals surface area (Å²) in [4.78, 5) is 25.0. The molecule has 1 saturated carbocycles. The quantitative estimate of drug-likeness (QED) is 0.563. The summed E-state index contributed by atoms with van der Waals surface area (Å²) in [7, 11) is -3.98. The molecule has 152 valence electrons. The van der Waals surface area contributed by atoms with Crippen molar-refractivity contribution in [1.82, 2.24) is 4.31 Å². The minimum absolute atomic E-state index is 0.0116. The number of esters is 1. The number of amides is 1. The van der Waals surface area contributed by atoms with Crippen LogP contribution in [0.2, 0.25) is 0 Å². The summed E-state index contributed by atoms with van der Waals surface area (Å²) in [6, 6.07) is 4.16. The molecule has 1 aromatic carbocycles. The highest BCUT2D eigenvalue weighted by atomic mass is 32.2. The Morgan fingerprint density at radius 2 is 1.86 bits per heavy atom. The van der Waals surface area contributed by atoms with E-state index in [1.165, 1.54) is 18.2 Å². The van der Waals surface area contributed by atoms with Crippen molar-refractivity contribution >= 4 is 21.9 Å². The molecule has 0 N–H and O–H groups in total. The average molecular weight is 407 g/mol. The highest BCUT2D eigenvalue weighted by molar-refractivity contribution is 7.90. The van der Waals surface area contributed by atoms with Crippen molar-refractivity contribution in [3.05, 3.63) is 29.3 Å². The molecule has 4 rings (SSSR count). The lowest BCUT2D eigenvalue weighted by Gasteiger charge is -2.18. The van der Waals surface area contributed by atoms with E-state index in [0.29, 0.717) is 6.61 Å². The molecule has 2 aliphatic heterocycles. The maximum Gasteiger partial charge on any atom is 0.338 e. The topological polar surface area (TPSA) is 90.0 Å². The van der Waals surface area contributed by atoms with Crippen LogP contribution in [-0.4, -0.2) is 50.0 Å². The molecule has 1 saturated heterocycles. The van der Waals surface area contributed by atoms with Gasteiger partial charge in [0, 0.05) is 6.61 Å². The van der Waals surface area contributed by atoms with Crippen LogP contribution in [0.4, 0.5) is 0 Å². The van der Waals surface area contributed by atoms with Crippen molar-refractivity contribution in [2.24, 2.45) is 0 Å². The van der Waals surface area contributed by atoms with E-state index in [1.807, 2.05) is 0 Å². The number of ether oxygens (including phenoxy) is 2. The van der Waals surface area contributed by atoms with E-state index < -0.39 is 21.9 Å². The predicted octanol–water partition coefficient (Wildman–Crippen LogP) is 2.89. The van der Waals surface area contributed by atoms with Crippen LogP contribution in [0.15, 0.2) is 23.1 Å². The van der Waals surface area contributed by atoms with Crippen LogP contribution in [0.5, 0.6) is 0 Å². The van der Waals surface area contributed by atoms with Gasteiger partial charge in [-0.2, -0.15) is 0 Å². The highest BCUT2D eigenvalue weighted by Crippen LogP contribution is 2.33. The van der Waals surface area contributed by atoms with Gasteiger partial charge in [-0.25, -0.2) is 17.5 Å². The van der Waals surface area contributed by atoms with Gasteiger partial charge in [-0.3, -0.25) is 4.79 Å². The fourth-order valence-electron chi connectivity index (χ4n) is 4.14. The van der Waals surface area contributed by atoms with Gasteiger partial charge in [-0.05, 0) is 56.7 Å². The van der Waals surface area contributed by atoms with Gasteiger partial charge in [-0.15, -0.1) is 0 Å². The van der Waals surface area contributed by atoms with E-state index >= 15 is 0 Å². The molecule has 2 fully saturated rings. The average Bonchev–Trinajstić information content (AvgIpc) is 3.15. The molecule has 0 aromatic heterocycles. The Kier molecular flexibility index (Phi) is 5.42. The van der Waals surface area contributed by atoms with Crippen molar-refractivity contribution < 1.29 is 27.5 Å². The Morgan fingerprint density at radius 3 is 2.54 bits per heavy atom. The van der Waals surface area contributed by atoms with Crippen LogP contribution in [0.3, 0.4) is 0 Å². The molecular weight excluding hydrogens is 382 g/mol. The largest absolute Gasteiger partial charge is 0.459 e. The first-order valence-electron chi connectivity index (χ1n) is 10.0. The minimum Gasteiger partial charge on any atom is -0.459 e. The van der Waals surface area contributed by atoms with E-state index in [0.717, 1.165) is 55.7 Å². The van der Waals surface area contributed by atoms with Crippen LogP contribution < -0.4 is 0 Å². The molecule has 1 amide bonds. The molecular formula is C20H25NO6S. The number of nitrogens with zero attached hydrogens (tertiary/aromatic N) is 1. The fraction of sp³-hybridized carbons (Fsp3) is 0.600. The standard InChI is InChI=1S/C20H25NO6S/c22-19-17-10-9-14(20(23)27-15-6-3-1-2-4-7-15)12-18(17)28(24,25)21(19)13-16-8-5-11-26-16/h9-10,12,15-16H,1-8,11,13H2/t16-/m1/s1. The molecule has 1 atom stereocenters. The summed E-state index contributed by atoms with van der Waals surface area (Å²) in [5, 5.41) is 0. The zero-order valence-corrected chi connectivity index (χ0v) is 16.6. The summed E-state index contributed by atoms with van der Waals surface area (Å²) in [5.41, 5.74) is 0.266. The normalized spacial score (nSPS) is 24.8. The molecule has 0 spiro atoms. The summed E-state index contributed by atoms with van der Waals surface area (Å²) in [5.74, 6) is -1.09. The first-order valence-corrected chi connectivity index (χ1v) is 11.4. The van der Waals surface area contributed by atoms with Gasteiger partial charge in [0.15, 0.2) is 0 Å². The van der Waals surface area contributed by atoms with Crippen LogP contribution in [0.1, 0.15) is 72.1 Å². The van der Waals surface area contributed by atoms with E-state index in [9.17, 15) is 18.0 Å². The third kappa shape index (κ3) is 3.67. The van der Waals surface area contributed by atoms with Crippen molar-refractivity contribution in [2.45, 2.75) is 68.5 Å². The first-order chi connectivity index (χ1) is 13.5. The molecule has 0 radical (unpaired) electrons. The summed E-state index contributed by atoms with van der Waals surface area (Å²) < 4.78 is 37.7. The summed E-state index contributed by atoms with van der Waals surface area (Å²) in [6.07, 6.45) is 7.22. The zero-order valence-electron chi connectivity index (χ0n) is 15.8. The molecule has 28 heavy (non-hydrogen) atoms. The van der Waals surface area contributed by atoms with Crippen LogP contribution in [-0.2, 0) is 19.5 Å². The number of benzene rings is 1. The molecule has 0 unspecified atom stereocenters. The summed E-state index contributed by atoms with van der Waals surface area (Å²) in [6.45, 7) is 0.592. The maximum atomic E-state index is 12.9. The molecule has 3 aliphatic rings. The van der Waals surface area contributed by atoms with Gasteiger partial charge < -0.3 is 9.47 Å². The second kappa shape index (κ2) is 7.83. The zero-order chi connectivity index (χ0) is 19.7. The Balaban J connectivity index is 1.53. The molecule has 8 heteroatoms. The smallest absolute Gasteiger partial charge is 0.338 e. The number of sulfonamides is 1. The number of carbonyl (C=O) groups excluding carboxylic acids is 2. The van der Waals surface area contributed by atoms with Crippen LogP contribution >= 0.6 is 0 Å². The van der Waals surface area contributed by atoms with Gasteiger partial charge in [0.2, 0.25) is 0 Å². The number of carbonyl (C=O) groups is 2. The number of fused-ring (bicyclic) bond motifs is 1. The van der Waals surface area contributed by atoms with Crippen molar-refractivity contribution in [2.75, 3.05) is 13.2 Å². The van der Waals surface area contributed by atoms with Gasteiger partial charge in [-0.1, -0.05) is 12.8 Å². The monoisotopic (exact) mass is 407 g/mol. The molecule has 2 heterocycles. The molecule has 7 nitrogen and oxygen atoms in total. The van der Waals surface area contributed by atoms with Gasteiger partial charge in [0.1, 0.15) is 11.0 Å². The van der Waals surface area contributed by atoms with E-state index in [-0.39, 0.29) is 34.8 Å². The molecule has 0 bridgehead atoms. The Morgan fingerprint density at radius 1 is 1.11 bits per heavy atom. The lowest BCUT2D eigenvalue weighted by molar-refractivity contribution is 0.0266. The second-order valence-electron chi connectivity index (χ2n) is 7.71. The third-order valence-corrected chi connectivity index (χ3v) is 7.50. The minimum atomic E-state index is -3.98. The SMILES string of the molecule is O=C(OC1CCCCCC1)c1ccc2c(c1)S(=O)(=O)N(C[C@H]1CCCO1)C2=O. The second-order valence-corrected chi connectivity index (χ2v) is 9.54. The number of hydrogen-bond donors (Lipinski definition) is 0. The third-order valence-electron chi connectivity index (χ3n) is 5.71. The number of rotatable bonds is 4. The molecule has 1 aliphatic carbocycles. The van der Waals surface area contributed by atoms with E-state index in [1.54, 1.807) is 0 Å². The Hall–Kier alpha value is -1.93. The van der Waals surface area contributed by atoms with Gasteiger partial charge in [0.05, 0.1) is 23.8 Å². The lowest BCUT2D eigenvalue weighted by Crippen LogP contribution is -2.36. The fourth-order valence-corrected chi connectivity index (χ4v) is 5.76. The van der Waals surface area contributed by atoms with Gasteiger partial charge in [0.25, 0.3) is 15.9 Å². The first kappa shape index (κ1) is 19.4. The van der Waals surface area contributed by atoms with Crippen LogP contribution in [0.25, 0.3) is 0 Å². The summed E-state index contributed by atoms with van der Waals surface area (Å²) >= 11 is 0. The van der Waals surface area contributed by atoms with E-state index in [4.69, 9.17) is 9.47 Å². The Labute approximate surface area is 165 Å². The van der Waals surface area contributed by atoms with Gasteiger partial charge >= 0.3 is 5.97 Å².